The Kier molecular flexibility index (Phi) is 7.59. The number of nitrogens with zero attached hydrogens (tertiary/aromatic N) is 2. The van der Waals surface area contributed by atoms with Crippen molar-refractivity contribution in [3.8, 4) is 0 Å². The fraction of sp³-hybridized carbons (Fsp3) is 0.556. The van der Waals surface area contributed by atoms with Crippen molar-refractivity contribution < 1.29 is 9.59 Å². The van der Waals surface area contributed by atoms with Crippen LogP contribution in [0.2, 0.25) is 10.0 Å². The molecule has 0 aliphatic carbocycles. The van der Waals surface area contributed by atoms with E-state index < -0.39 is 0 Å². The van der Waals surface area contributed by atoms with E-state index >= 15 is 0 Å². The zero-order chi connectivity index (χ0) is 18.0. The maximum absolute atomic E-state index is 12.9. The van der Waals surface area contributed by atoms with Gasteiger partial charge in [-0.2, -0.15) is 0 Å². The van der Waals surface area contributed by atoms with Gasteiger partial charge in [-0.05, 0) is 50.6 Å². The molecule has 0 aromatic heterocycles. The molecule has 3 rings (SSSR count). The fourth-order valence-electron chi connectivity index (χ4n) is 3.80. The highest BCUT2D eigenvalue weighted by molar-refractivity contribution is 6.35. The summed E-state index contributed by atoms with van der Waals surface area (Å²) >= 11 is 12.1. The number of nitrogens with one attached hydrogen (secondary N) is 1. The lowest BCUT2D eigenvalue weighted by atomic mass is 9.96. The van der Waals surface area contributed by atoms with Crippen molar-refractivity contribution in [2.75, 3.05) is 38.1 Å². The maximum atomic E-state index is 12.9. The van der Waals surface area contributed by atoms with Gasteiger partial charge in [0.15, 0.2) is 0 Å². The molecule has 0 spiro atoms. The molecule has 26 heavy (non-hydrogen) atoms. The Balaban J connectivity index is 0.00000243. The van der Waals surface area contributed by atoms with Crippen LogP contribution in [-0.4, -0.2) is 49.9 Å². The number of carbonyl (C=O) groups is 2. The van der Waals surface area contributed by atoms with Gasteiger partial charge in [0.2, 0.25) is 11.8 Å². The van der Waals surface area contributed by atoms with E-state index in [4.69, 9.17) is 23.2 Å². The Hall–Kier alpha value is -1.01. The molecule has 2 fully saturated rings. The van der Waals surface area contributed by atoms with Crippen molar-refractivity contribution in [2.45, 2.75) is 19.3 Å². The van der Waals surface area contributed by atoms with Gasteiger partial charge in [-0.15, -0.1) is 12.4 Å². The zero-order valence-electron chi connectivity index (χ0n) is 14.7. The van der Waals surface area contributed by atoms with Crippen LogP contribution in [0.1, 0.15) is 19.3 Å². The number of hydrogen-bond acceptors (Lipinski definition) is 3. The summed E-state index contributed by atoms with van der Waals surface area (Å²) in [5.41, 5.74) is 0.657. The molecule has 2 amide bonds. The van der Waals surface area contributed by atoms with E-state index in [-0.39, 0.29) is 36.6 Å². The minimum absolute atomic E-state index is 0. The van der Waals surface area contributed by atoms with Crippen LogP contribution in [0.5, 0.6) is 0 Å². The third-order valence-corrected chi connectivity index (χ3v) is 5.39. The molecule has 2 unspecified atom stereocenters. The molecule has 1 aromatic rings. The van der Waals surface area contributed by atoms with Crippen molar-refractivity contribution in [3.05, 3.63) is 28.2 Å². The van der Waals surface area contributed by atoms with Crippen molar-refractivity contribution >= 4 is 53.1 Å². The lowest BCUT2D eigenvalue weighted by Gasteiger charge is -2.34. The Labute approximate surface area is 170 Å². The van der Waals surface area contributed by atoms with E-state index in [0.717, 1.165) is 32.5 Å². The third-order valence-electron chi connectivity index (χ3n) is 4.96. The molecule has 1 N–H and O–H groups in total. The smallest absolute Gasteiger partial charge is 0.228 e. The number of rotatable bonds is 4. The lowest BCUT2D eigenvalue weighted by molar-refractivity contribution is -0.137. The average molecular weight is 421 g/mol. The van der Waals surface area contributed by atoms with Gasteiger partial charge in [-0.3, -0.25) is 9.59 Å². The quantitative estimate of drug-likeness (QED) is 0.813. The van der Waals surface area contributed by atoms with Crippen LogP contribution >= 0.6 is 35.6 Å². The standard InChI is InChI=1S/C18H23Cl2N3O2.ClH/c1-21-9-12-3-2-4-22(10-12)18(25)13-5-17(24)23(11-13)16-7-14(19)6-15(20)8-16;/h6-8,12-13,21H,2-5,9-11H2,1H3;1H. The Morgan fingerprint density at radius 2 is 1.92 bits per heavy atom. The molecule has 2 heterocycles. The lowest BCUT2D eigenvalue weighted by Crippen LogP contribution is -2.45. The largest absolute Gasteiger partial charge is 0.342 e. The van der Waals surface area contributed by atoms with Crippen LogP contribution in [0.25, 0.3) is 0 Å². The molecule has 5 nitrogen and oxygen atoms in total. The molecular formula is C18H24Cl3N3O2. The molecule has 2 aliphatic heterocycles. The van der Waals surface area contributed by atoms with E-state index in [1.807, 2.05) is 11.9 Å². The van der Waals surface area contributed by atoms with Crippen LogP contribution < -0.4 is 10.2 Å². The summed E-state index contributed by atoms with van der Waals surface area (Å²) in [5.74, 6) is 0.228. The minimum Gasteiger partial charge on any atom is -0.342 e. The summed E-state index contributed by atoms with van der Waals surface area (Å²) in [6.07, 6.45) is 2.41. The number of benzene rings is 1. The average Bonchev–Trinajstić information content (AvgIpc) is 2.96. The zero-order valence-corrected chi connectivity index (χ0v) is 17.0. The number of likely N-dealkylation sites (tertiary alicyclic amines) is 1. The Bertz CT molecular complexity index is 649. The van der Waals surface area contributed by atoms with Gasteiger partial charge < -0.3 is 15.1 Å². The summed E-state index contributed by atoms with van der Waals surface area (Å²) < 4.78 is 0. The predicted octanol–water partition coefficient (Wildman–Crippen LogP) is 3.23. The molecule has 2 saturated heterocycles. The van der Waals surface area contributed by atoms with Crippen molar-refractivity contribution in [3.63, 3.8) is 0 Å². The van der Waals surface area contributed by atoms with Gasteiger partial charge in [0, 0.05) is 41.8 Å². The highest BCUT2D eigenvalue weighted by atomic mass is 35.5. The second kappa shape index (κ2) is 9.27. The van der Waals surface area contributed by atoms with Crippen molar-refractivity contribution in [1.29, 1.82) is 0 Å². The first-order chi connectivity index (χ1) is 12.0. The van der Waals surface area contributed by atoms with Gasteiger partial charge in [0.25, 0.3) is 0 Å². The van der Waals surface area contributed by atoms with Crippen LogP contribution in [0.15, 0.2) is 18.2 Å². The normalized spacial score (nSPS) is 23.1. The number of piperidine rings is 1. The number of carbonyl (C=O) groups excluding carboxylic acids is 2. The van der Waals surface area contributed by atoms with Gasteiger partial charge >= 0.3 is 0 Å². The first kappa shape index (κ1) is 21.3. The SMILES string of the molecule is CNCC1CCCN(C(=O)C2CC(=O)N(c3cc(Cl)cc(Cl)c3)C2)C1.Cl. The second-order valence-corrected chi connectivity index (χ2v) is 7.76. The van der Waals surface area contributed by atoms with E-state index in [0.29, 0.717) is 28.2 Å². The molecule has 2 aliphatic rings. The van der Waals surface area contributed by atoms with Crippen LogP contribution in [0.3, 0.4) is 0 Å². The van der Waals surface area contributed by atoms with E-state index in [1.165, 1.54) is 0 Å². The van der Waals surface area contributed by atoms with Crippen LogP contribution in [0, 0.1) is 11.8 Å². The molecule has 1 aromatic carbocycles. The molecule has 0 radical (unpaired) electrons. The fourth-order valence-corrected chi connectivity index (χ4v) is 4.31. The number of halogens is 3. The summed E-state index contributed by atoms with van der Waals surface area (Å²) in [6, 6.07) is 5.05. The first-order valence-electron chi connectivity index (χ1n) is 8.67. The molecule has 8 heteroatoms. The molecule has 0 saturated carbocycles. The van der Waals surface area contributed by atoms with Crippen LogP contribution in [0.4, 0.5) is 5.69 Å². The highest BCUT2D eigenvalue weighted by Crippen LogP contribution is 2.31. The number of amides is 2. The minimum atomic E-state index is -0.293. The van der Waals surface area contributed by atoms with Gasteiger partial charge in [0.05, 0.1) is 5.92 Å². The topological polar surface area (TPSA) is 52.7 Å². The monoisotopic (exact) mass is 419 g/mol. The number of hydrogen-bond donors (Lipinski definition) is 1. The van der Waals surface area contributed by atoms with E-state index in [1.54, 1.807) is 23.1 Å². The molecule has 0 bridgehead atoms. The Morgan fingerprint density at radius 1 is 1.23 bits per heavy atom. The van der Waals surface area contributed by atoms with E-state index in [9.17, 15) is 9.59 Å². The highest BCUT2D eigenvalue weighted by Gasteiger charge is 2.38. The maximum Gasteiger partial charge on any atom is 0.228 e. The third kappa shape index (κ3) is 4.83. The second-order valence-electron chi connectivity index (χ2n) is 6.88. The predicted molar refractivity (Wildman–Crippen MR) is 107 cm³/mol. The van der Waals surface area contributed by atoms with Crippen molar-refractivity contribution in [1.82, 2.24) is 10.2 Å². The molecule has 2 atom stereocenters. The summed E-state index contributed by atoms with van der Waals surface area (Å²) in [4.78, 5) is 28.9. The first-order valence-corrected chi connectivity index (χ1v) is 9.43. The van der Waals surface area contributed by atoms with Gasteiger partial charge in [-0.25, -0.2) is 0 Å². The number of anilines is 1. The molecule has 144 valence electrons. The van der Waals surface area contributed by atoms with Gasteiger partial charge in [0.1, 0.15) is 0 Å². The van der Waals surface area contributed by atoms with Crippen LogP contribution in [-0.2, 0) is 9.59 Å². The van der Waals surface area contributed by atoms with Gasteiger partial charge in [-0.1, -0.05) is 23.2 Å². The van der Waals surface area contributed by atoms with Crippen molar-refractivity contribution in [2.24, 2.45) is 11.8 Å². The van der Waals surface area contributed by atoms with E-state index in [2.05, 4.69) is 5.32 Å². The summed E-state index contributed by atoms with van der Waals surface area (Å²) in [7, 11) is 1.93. The Morgan fingerprint density at radius 3 is 2.58 bits per heavy atom. The molecular weight excluding hydrogens is 397 g/mol. The summed E-state index contributed by atoms with van der Waals surface area (Å²) in [6.45, 7) is 2.86. The summed E-state index contributed by atoms with van der Waals surface area (Å²) in [5, 5.41) is 4.15.